The molecule has 0 spiro atoms. The average molecular weight is 286 g/mol. The van der Waals surface area contributed by atoms with Gasteiger partial charge in [-0.25, -0.2) is 8.42 Å². The van der Waals surface area contributed by atoms with E-state index in [0.717, 1.165) is 20.6 Å². The third-order valence-electron chi connectivity index (χ3n) is 2.30. The summed E-state index contributed by atoms with van der Waals surface area (Å²) in [6.45, 7) is -0.595. The maximum absolute atomic E-state index is 11.6. The fraction of sp³-hybridized carbons (Fsp3) is 0.200. The number of rotatable bonds is 4. The van der Waals surface area contributed by atoms with E-state index in [9.17, 15) is 13.2 Å². The Morgan fingerprint density at radius 3 is 2.83 bits per heavy atom. The van der Waals surface area contributed by atoms with Crippen molar-refractivity contribution in [3.63, 3.8) is 0 Å². The molecule has 1 heterocycles. The van der Waals surface area contributed by atoms with Crippen LogP contribution >= 0.6 is 11.5 Å². The molecule has 0 saturated heterocycles. The van der Waals surface area contributed by atoms with Crippen LogP contribution in [0.2, 0.25) is 0 Å². The monoisotopic (exact) mass is 286 g/mol. The van der Waals surface area contributed by atoms with Crippen molar-refractivity contribution in [2.75, 3.05) is 17.1 Å². The van der Waals surface area contributed by atoms with Crippen LogP contribution in [0, 0.1) is 0 Å². The van der Waals surface area contributed by atoms with Gasteiger partial charge in [-0.05, 0) is 29.7 Å². The summed E-state index contributed by atoms with van der Waals surface area (Å²) in [5.74, 6) is -1.20. The zero-order valence-corrected chi connectivity index (χ0v) is 11.0. The predicted octanol–water partition coefficient (Wildman–Crippen LogP) is 1.15. The lowest BCUT2D eigenvalue weighted by atomic mass is 10.2. The molecule has 0 aliphatic heterocycles. The molecule has 1 aromatic heterocycles. The van der Waals surface area contributed by atoms with Crippen molar-refractivity contribution in [1.29, 1.82) is 0 Å². The molecular formula is C10H10N2O4S2. The van der Waals surface area contributed by atoms with Crippen LogP contribution in [-0.4, -0.2) is 36.7 Å². The number of benzene rings is 1. The molecule has 0 unspecified atom stereocenters. The third kappa shape index (κ3) is 2.59. The maximum atomic E-state index is 11.6. The van der Waals surface area contributed by atoms with Crippen molar-refractivity contribution >= 4 is 43.3 Å². The van der Waals surface area contributed by atoms with Crippen LogP contribution < -0.4 is 4.31 Å². The number of fused-ring (bicyclic) bond motifs is 1. The first-order chi connectivity index (χ1) is 8.38. The number of carboxylic acid groups (broad SMARTS) is 1. The van der Waals surface area contributed by atoms with E-state index >= 15 is 0 Å². The highest BCUT2D eigenvalue weighted by Gasteiger charge is 2.20. The second kappa shape index (κ2) is 4.54. The summed E-state index contributed by atoms with van der Waals surface area (Å²) < 4.78 is 28.9. The summed E-state index contributed by atoms with van der Waals surface area (Å²) in [6.07, 6.45) is 2.59. The zero-order valence-electron chi connectivity index (χ0n) is 9.40. The van der Waals surface area contributed by atoms with Crippen molar-refractivity contribution in [3.8, 4) is 0 Å². The molecule has 0 bridgehead atoms. The molecule has 0 atom stereocenters. The van der Waals surface area contributed by atoms with Crippen molar-refractivity contribution in [3.05, 3.63) is 24.4 Å². The van der Waals surface area contributed by atoms with Gasteiger partial charge < -0.3 is 5.11 Å². The second-order valence-corrected chi connectivity index (χ2v) is 6.45. The van der Waals surface area contributed by atoms with Gasteiger partial charge in [0.1, 0.15) is 6.54 Å². The van der Waals surface area contributed by atoms with Gasteiger partial charge in [0.05, 0.1) is 16.6 Å². The summed E-state index contributed by atoms with van der Waals surface area (Å²) in [5, 5.41) is 9.55. The lowest BCUT2D eigenvalue weighted by Crippen LogP contribution is -2.34. The number of carbonyl (C=O) groups is 1. The Balaban J connectivity index is 2.50. The largest absolute Gasteiger partial charge is 0.480 e. The van der Waals surface area contributed by atoms with Crippen LogP contribution in [0.4, 0.5) is 5.69 Å². The highest BCUT2D eigenvalue weighted by atomic mass is 32.2. The van der Waals surface area contributed by atoms with Gasteiger partial charge in [-0.2, -0.15) is 4.37 Å². The summed E-state index contributed by atoms with van der Waals surface area (Å²) in [6, 6.07) is 4.91. The lowest BCUT2D eigenvalue weighted by Gasteiger charge is -2.20. The smallest absolute Gasteiger partial charge is 0.324 e. The first kappa shape index (κ1) is 12.8. The average Bonchev–Trinajstić information content (AvgIpc) is 2.70. The normalized spacial score (nSPS) is 11.6. The molecular weight excluding hydrogens is 276 g/mol. The fourth-order valence-electron chi connectivity index (χ4n) is 1.54. The molecule has 2 rings (SSSR count). The minimum absolute atomic E-state index is 0.326. The Hall–Kier alpha value is -1.67. The first-order valence-corrected chi connectivity index (χ1v) is 7.54. The van der Waals surface area contributed by atoms with E-state index in [1.165, 1.54) is 11.5 Å². The zero-order chi connectivity index (χ0) is 13.3. The van der Waals surface area contributed by atoms with E-state index in [2.05, 4.69) is 4.37 Å². The Morgan fingerprint density at radius 2 is 2.22 bits per heavy atom. The standard InChI is InChI=1S/C10H10N2O4S2/c1-18(15,16)12(6-10(13)14)8-2-3-9-7(4-8)5-11-17-9/h2-5H,6H2,1H3,(H,13,14). The topological polar surface area (TPSA) is 87.6 Å². The number of hydrogen-bond acceptors (Lipinski definition) is 5. The highest BCUT2D eigenvalue weighted by Crippen LogP contribution is 2.25. The van der Waals surface area contributed by atoms with Crippen LogP contribution in [-0.2, 0) is 14.8 Å². The maximum Gasteiger partial charge on any atom is 0.324 e. The molecule has 0 aliphatic carbocycles. The minimum Gasteiger partial charge on any atom is -0.480 e. The molecule has 0 radical (unpaired) electrons. The lowest BCUT2D eigenvalue weighted by molar-refractivity contribution is -0.135. The molecule has 2 aromatic rings. The van der Waals surface area contributed by atoms with Gasteiger partial charge in [0, 0.05) is 11.6 Å². The van der Waals surface area contributed by atoms with Gasteiger partial charge in [0.2, 0.25) is 10.0 Å². The van der Waals surface area contributed by atoms with Gasteiger partial charge in [-0.1, -0.05) is 0 Å². The van der Waals surface area contributed by atoms with Crippen LogP contribution in [0.5, 0.6) is 0 Å². The van der Waals surface area contributed by atoms with E-state index < -0.39 is 22.5 Å². The van der Waals surface area contributed by atoms with Gasteiger partial charge in [-0.15, -0.1) is 0 Å². The summed E-state index contributed by atoms with van der Waals surface area (Å²) in [5.41, 5.74) is 0.326. The number of aliphatic carboxylic acids is 1. The highest BCUT2D eigenvalue weighted by molar-refractivity contribution is 7.92. The summed E-state index contributed by atoms with van der Waals surface area (Å²) in [7, 11) is -3.63. The molecule has 0 saturated carbocycles. The van der Waals surface area contributed by atoms with Crippen molar-refractivity contribution in [2.45, 2.75) is 0 Å². The molecule has 6 nitrogen and oxygen atoms in total. The quantitative estimate of drug-likeness (QED) is 0.910. The number of anilines is 1. The molecule has 0 amide bonds. The van der Waals surface area contributed by atoms with Crippen molar-refractivity contribution < 1.29 is 18.3 Å². The first-order valence-electron chi connectivity index (χ1n) is 4.92. The Bertz CT molecular complexity index is 693. The van der Waals surface area contributed by atoms with Crippen LogP contribution in [0.1, 0.15) is 0 Å². The van der Waals surface area contributed by atoms with Crippen molar-refractivity contribution in [2.24, 2.45) is 0 Å². The molecule has 1 aromatic carbocycles. The number of aromatic nitrogens is 1. The number of nitrogens with zero attached hydrogens (tertiary/aromatic N) is 2. The fourth-order valence-corrected chi connectivity index (χ4v) is 3.01. The number of carboxylic acids is 1. The molecule has 18 heavy (non-hydrogen) atoms. The number of sulfonamides is 1. The second-order valence-electron chi connectivity index (χ2n) is 3.71. The molecule has 96 valence electrons. The van der Waals surface area contributed by atoms with Crippen LogP contribution in [0.15, 0.2) is 24.4 Å². The van der Waals surface area contributed by atoms with E-state index in [1.807, 2.05) is 0 Å². The van der Waals surface area contributed by atoms with Gasteiger partial charge in [0.25, 0.3) is 0 Å². The van der Waals surface area contributed by atoms with Crippen LogP contribution in [0.25, 0.3) is 10.1 Å². The molecule has 0 aliphatic rings. The minimum atomic E-state index is -3.63. The summed E-state index contributed by atoms with van der Waals surface area (Å²) >= 11 is 1.29. The van der Waals surface area contributed by atoms with Gasteiger partial charge >= 0.3 is 5.97 Å². The Kier molecular flexibility index (Phi) is 3.22. The summed E-state index contributed by atoms with van der Waals surface area (Å²) in [4.78, 5) is 10.7. The van der Waals surface area contributed by atoms with Crippen LogP contribution in [0.3, 0.4) is 0 Å². The molecule has 0 fully saturated rings. The number of hydrogen-bond donors (Lipinski definition) is 1. The van der Waals surface area contributed by atoms with E-state index in [1.54, 1.807) is 24.4 Å². The Labute approximate surface area is 108 Å². The van der Waals surface area contributed by atoms with Gasteiger partial charge in [-0.3, -0.25) is 9.10 Å². The molecule has 8 heteroatoms. The van der Waals surface area contributed by atoms with E-state index in [0.29, 0.717) is 5.69 Å². The Morgan fingerprint density at radius 1 is 1.50 bits per heavy atom. The predicted molar refractivity (Wildman–Crippen MR) is 69.4 cm³/mol. The van der Waals surface area contributed by atoms with Crippen molar-refractivity contribution in [1.82, 2.24) is 4.37 Å². The van der Waals surface area contributed by atoms with Gasteiger partial charge in [0.15, 0.2) is 0 Å². The molecule has 1 N–H and O–H groups in total. The third-order valence-corrected chi connectivity index (χ3v) is 4.22. The SMILES string of the molecule is CS(=O)(=O)N(CC(=O)O)c1ccc2sncc2c1. The van der Waals surface area contributed by atoms with E-state index in [-0.39, 0.29) is 0 Å². The van der Waals surface area contributed by atoms with E-state index in [4.69, 9.17) is 5.11 Å².